The SMILES string of the molecule is CCCc1cc(=O)oc2c(C)c(OC(=O)CNC(=O)OC(C)(C)C)ccc12. The Morgan fingerprint density at radius 3 is 2.56 bits per heavy atom. The molecule has 1 N–H and O–H groups in total. The van der Waals surface area contributed by atoms with Crippen LogP contribution in [0.5, 0.6) is 5.75 Å². The third kappa shape index (κ3) is 5.57. The minimum Gasteiger partial charge on any atom is -0.444 e. The molecule has 2 rings (SSSR count). The van der Waals surface area contributed by atoms with Gasteiger partial charge in [-0.05, 0) is 51.8 Å². The van der Waals surface area contributed by atoms with E-state index in [0.29, 0.717) is 11.1 Å². The molecule has 0 atom stereocenters. The molecule has 1 aromatic carbocycles. The summed E-state index contributed by atoms with van der Waals surface area (Å²) in [6.45, 7) is 8.58. The third-order valence-electron chi connectivity index (χ3n) is 3.72. The van der Waals surface area contributed by atoms with E-state index in [9.17, 15) is 14.4 Å². The standard InChI is InChI=1S/C20H25NO6/c1-6-7-13-10-16(22)26-18-12(2)15(9-8-14(13)18)25-17(23)11-21-19(24)27-20(3,4)5/h8-10H,6-7,11H2,1-5H3,(H,21,24). The Balaban J connectivity index is 2.15. The zero-order valence-corrected chi connectivity index (χ0v) is 16.3. The number of ether oxygens (including phenoxy) is 2. The minimum absolute atomic E-state index is 0.273. The molecule has 0 aliphatic rings. The number of carbonyl (C=O) groups excluding carboxylic acids is 2. The predicted molar refractivity (Wildman–Crippen MR) is 101 cm³/mol. The first kappa shape index (κ1) is 20.5. The average Bonchev–Trinajstić information content (AvgIpc) is 2.55. The van der Waals surface area contributed by atoms with Crippen LogP contribution in [0.25, 0.3) is 11.0 Å². The van der Waals surface area contributed by atoms with E-state index in [-0.39, 0.29) is 12.3 Å². The van der Waals surface area contributed by atoms with Gasteiger partial charge >= 0.3 is 17.7 Å². The van der Waals surface area contributed by atoms with Gasteiger partial charge in [-0.3, -0.25) is 0 Å². The quantitative estimate of drug-likeness (QED) is 0.488. The van der Waals surface area contributed by atoms with Crippen molar-refractivity contribution in [1.29, 1.82) is 0 Å². The lowest BCUT2D eigenvalue weighted by Crippen LogP contribution is -2.36. The van der Waals surface area contributed by atoms with Crippen molar-refractivity contribution in [2.75, 3.05) is 6.54 Å². The molecule has 0 aliphatic carbocycles. The van der Waals surface area contributed by atoms with E-state index in [2.05, 4.69) is 5.32 Å². The largest absolute Gasteiger partial charge is 0.444 e. The van der Waals surface area contributed by atoms with Crippen molar-refractivity contribution in [2.24, 2.45) is 0 Å². The maximum atomic E-state index is 12.0. The van der Waals surface area contributed by atoms with Gasteiger partial charge in [0.15, 0.2) is 0 Å². The first-order chi connectivity index (χ1) is 12.6. The molecule has 0 fully saturated rings. The van der Waals surface area contributed by atoms with Gasteiger partial charge in [-0.15, -0.1) is 0 Å². The highest BCUT2D eigenvalue weighted by Gasteiger charge is 2.18. The maximum Gasteiger partial charge on any atom is 0.408 e. The van der Waals surface area contributed by atoms with Crippen molar-refractivity contribution < 1.29 is 23.5 Å². The summed E-state index contributed by atoms with van der Waals surface area (Å²) in [6.07, 6.45) is 0.940. The monoisotopic (exact) mass is 375 g/mol. The van der Waals surface area contributed by atoms with Gasteiger partial charge < -0.3 is 19.2 Å². The molecule has 1 aromatic heterocycles. The molecule has 146 valence electrons. The van der Waals surface area contributed by atoms with Crippen LogP contribution >= 0.6 is 0 Å². The Labute approximate surface area is 157 Å². The lowest BCUT2D eigenvalue weighted by atomic mass is 10.0. The molecule has 0 saturated carbocycles. The normalized spacial score (nSPS) is 11.3. The first-order valence-corrected chi connectivity index (χ1v) is 8.84. The van der Waals surface area contributed by atoms with Gasteiger partial charge in [0.05, 0.1) is 0 Å². The van der Waals surface area contributed by atoms with Gasteiger partial charge in [0, 0.05) is 17.0 Å². The van der Waals surface area contributed by atoms with E-state index in [1.165, 1.54) is 6.07 Å². The lowest BCUT2D eigenvalue weighted by molar-refractivity contribution is -0.133. The second-order valence-corrected chi connectivity index (χ2v) is 7.24. The van der Waals surface area contributed by atoms with E-state index in [1.807, 2.05) is 6.92 Å². The smallest absolute Gasteiger partial charge is 0.408 e. The molecule has 7 nitrogen and oxygen atoms in total. The molecule has 0 spiro atoms. The molecule has 7 heteroatoms. The molecule has 2 aromatic rings. The van der Waals surface area contributed by atoms with Crippen molar-refractivity contribution in [3.8, 4) is 5.75 Å². The zero-order chi connectivity index (χ0) is 20.2. The van der Waals surface area contributed by atoms with Crippen molar-refractivity contribution in [3.63, 3.8) is 0 Å². The van der Waals surface area contributed by atoms with Crippen LogP contribution in [-0.2, 0) is 16.0 Å². The Kier molecular flexibility index (Phi) is 6.25. The van der Waals surface area contributed by atoms with E-state index in [0.717, 1.165) is 23.8 Å². The molecule has 0 saturated heterocycles. The van der Waals surface area contributed by atoms with Gasteiger partial charge in [-0.25, -0.2) is 14.4 Å². The van der Waals surface area contributed by atoms with Gasteiger partial charge in [0.25, 0.3) is 0 Å². The number of hydrogen-bond acceptors (Lipinski definition) is 6. The molecular weight excluding hydrogens is 350 g/mol. The van der Waals surface area contributed by atoms with Crippen LogP contribution < -0.4 is 15.7 Å². The molecule has 0 bridgehead atoms. The number of esters is 1. The average molecular weight is 375 g/mol. The first-order valence-electron chi connectivity index (χ1n) is 8.84. The van der Waals surface area contributed by atoms with Crippen molar-refractivity contribution in [2.45, 2.75) is 53.1 Å². The molecule has 0 unspecified atom stereocenters. The van der Waals surface area contributed by atoms with Crippen LogP contribution in [0.3, 0.4) is 0 Å². The highest BCUT2D eigenvalue weighted by atomic mass is 16.6. The van der Waals surface area contributed by atoms with Gasteiger partial charge in [0.2, 0.25) is 0 Å². The van der Waals surface area contributed by atoms with E-state index in [1.54, 1.807) is 39.8 Å². The summed E-state index contributed by atoms with van der Waals surface area (Å²) in [5.41, 5.74) is 0.751. The van der Waals surface area contributed by atoms with Crippen LogP contribution in [0.15, 0.2) is 27.4 Å². The zero-order valence-electron chi connectivity index (χ0n) is 16.3. The lowest BCUT2D eigenvalue weighted by Gasteiger charge is -2.19. The van der Waals surface area contributed by atoms with Crippen molar-refractivity contribution in [1.82, 2.24) is 5.32 Å². The molecule has 0 radical (unpaired) electrons. The molecule has 1 amide bonds. The van der Waals surface area contributed by atoms with E-state index in [4.69, 9.17) is 13.9 Å². The van der Waals surface area contributed by atoms with Gasteiger partial charge in [0.1, 0.15) is 23.5 Å². The van der Waals surface area contributed by atoms with Crippen LogP contribution in [0.1, 0.15) is 45.2 Å². The number of rotatable bonds is 5. The molecule has 27 heavy (non-hydrogen) atoms. The third-order valence-corrected chi connectivity index (χ3v) is 3.72. The second-order valence-electron chi connectivity index (χ2n) is 7.24. The highest BCUT2D eigenvalue weighted by Crippen LogP contribution is 2.29. The number of benzene rings is 1. The van der Waals surface area contributed by atoms with E-state index < -0.39 is 23.3 Å². The van der Waals surface area contributed by atoms with Crippen molar-refractivity contribution >= 4 is 23.0 Å². The Morgan fingerprint density at radius 2 is 1.93 bits per heavy atom. The molecule has 0 aliphatic heterocycles. The van der Waals surface area contributed by atoms with E-state index >= 15 is 0 Å². The fourth-order valence-electron chi connectivity index (χ4n) is 2.61. The van der Waals surface area contributed by atoms with Crippen LogP contribution in [0, 0.1) is 6.92 Å². The number of fused-ring (bicyclic) bond motifs is 1. The Hall–Kier alpha value is -2.83. The second kappa shape index (κ2) is 8.24. The van der Waals surface area contributed by atoms with Crippen LogP contribution in [-0.4, -0.2) is 24.2 Å². The van der Waals surface area contributed by atoms with Crippen LogP contribution in [0.2, 0.25) is 0 Å². The number of carbonyl (C=O) groups is 2. The summed E-state index contributed by atoms with van der Waals surface area (Å²) in [5.74, 6) is -0.384. The number of nitrogens with one attached hydrogen (secondary N) is 1. The molecular formula is C20H25NO6. The molecule has 1 heterocycles. The van der Waals surface area contributed by atoms with Gasteiger partial charge in [-0.1, -0.05) is 13.3 Å². The minimum atomic E-state index is -0.704. The Morgan fingerprint density at radius 1 is 1.22 bits per heavy atom. The Bertz CT molecular complexity index is 907. The maximum absolute atomic E-state index is 12.0. The summed E-state index contributed by atoms with van der Waals surface area (Å²) in [7, 11) is 0. The summed E-state index contributed by atoms with van der Waals surface area (Å²) >= 11 is 0. The fraction of sp³-hybridized carbons (Fsp3) is 0.450. The number of aryl methyl sites for hydroxylation is 2. The predicted octanol–water partition coefficient (Wildman–Crippen LogP) is 3.48. The summed E-state index contributed by atoms with van der Waals surface area (Å²) in [5, 5.41) is 3.16. The fourth-order valence-corrected chi connectivity index (χ4v) is 2.61. The summed E-state index contributed by atoms with van der Waals surface area (Å²) in [6, 6.07) is 4.91. The summed E-state index contributed by atoms with van der Waals surface area (Å²) < 4.78 is 15.7. The number of alkyl carbamates (subject to hydrolysis) is 1. The highest BCUT2D eigenvalue weighted by molar-refractivity contribution is 5.86. The number of hydrogen-bond donors (Lipinski definition) is 1. The number of amides is 1. The topological polar surface area (TPSA) is 94.8 Å². The van der Waals surface area contributed by atoms with Gasteiger partial charge in [-0.2, -0.15) is 0 Å². The summed E-state index contributed by atoms with van der Waals surface area (Å²) in [4.78, 5) is 35.4. The van der Waals surface area contributed by atoms with Crippen molar-refractivity contribution in [3.05, 3.63) is 39.7 Å². The van der Waals surface area contributed by atoms with Crippen LogP contribution in [0.4, 0.5) is 4.79 Å².